The highest BCUT2D eigenvalue weighted by Crippen LogP contribution is 2.45. The Morgan fingerprint density at radius 3 is 2.65 bits per heavy atom. The lowest BCUT2D eigenvalue weighted by molar-refractivity contribution is 0.101. The maximum absolute atomic E-state index is 12.9. The molecular formula is C18H19BN2O2. The molecule has 0 amide bonds. The summed E-state index contributed by atoms with van der Waals surface area (Å²) in [5.41, 5.74) is 1.39. The van der Waals surface area contributed by atoms with Gasteiger partial charge in [-0.05, 0) is 26.2 Å². The molecule has 1 spiro atoms. The Hall–Kier alpha value is -1.91. The molecule has 0 unspecified atom stereocenters. The molecule has 23 heavy (non-hydrogen) atoms. The van der Waals surface area contributed by atoms with Crippen molar-refractivity contribution < 1.29 is 4.79 Å². The first-order valence-electron chi connectivity index (χ1n) is 8.37. The van der Waals surface area contributed by atoms with Crippen LogP contribution in [0, 0.1) is 0 Å². The Balaban J connectivity index is 2.05. The van der Waals surface area contributed by atoms with Crippen molar-refractivity contribution in [2.75, 3.05) is 0 Å². The van der Waals surface area contributed by atoms with Crippen molar-refractivity contribution in [2.24, 2.45) is 0 Å². The van der Waals surface area contributed by atoms with Gasteiger partial charge in [0.05, 0.1) is 10.9 Å². The first kappa shape index (κ1) is 14.7. The standard InChI is InChI=1S/C18H19BN2O2/c1-11(22)13-9-12(19)10-14-15(13)20-17-18(5-3-2-4-6-18)7-8-21(17)16(14)23/h9-10H,2-8H2,1H3. The van der Waals surface area contributed by atoms with Crippen LogP contribution in [0.15, 0.2) is 16.9 Å². The first-order valence-corrected chi connectivity index (χ1v) is 8.37. The van der Waals surface area contributed by atoms with E-state index in [-0.39, 0.29) is 16.8 Å². The van der Waals surface area contributed by atoms with Crippen molar-refractivity contribution in [1.82, 2.24) is 9.55 Å². The summed E-state index contributed by atoms with van der Waals surface area (Å²) in [5.74, 6) is 0.789. The summed E-state index contributed by atoms with van der Waals surface area (Å²) in [4.78, 5) is 29.8. The second kappa shape index (κ2) is 5.05. The van der Waals surface area contributed by atoms with Crippen molar-refractivity contribution in [3.05, 3.63) is 33.9 Å². The average molecular weight is 306 g/mol. The van der Waals surface area contributed by atoms with Gasteiger partial charge in [0, 0.05) is 17.5 Å². The van der Waals surface area contributed by atoms with Gasteiger partial charge in [-0.3, -0.25) is 14.2 Å². The molecule has 0 N–H and O–H groups in total. The third-order valence-corrected chi connectivity index (χ3v) is 5.56. The van der Waals surface area contributed by atoms with E-state index >= 15 is 0 Å². The van der Waals surface area contributed by atoms with Crippen LogP contribution in [0.2, 0.25) is 0 Å². The Bertz CT molecular complexity index is 879. The van der Waals surface area contributed by atoms with E-state index in [1.54, 1.807) is 12.1 Å². The van der Waals surface area contributed by atoms with E-state index in [9.17, 15) is 9.59 Å². The fourth-order valence-corrected chi connectivity index (χ4v) is 4.37. The number of aromatic nitrogens is 2. The van der Waals surface area contributed by atoms with Crippen LogP contribution in [0.3, 0.4) is 0 Å². The zero-order valence-corrected chi connectivity index (χ0v) is 13.4. The van der Waals surface area contributed by atoms with E-state index in [1.165, 1.54) is 26.2 Å². The zero-order chi connectivity index (χ0) is 16.2. The number of benzene rings is 1. The van der Waals surface area contributed by atoms with Gasteiger partial charge in [0.25, 0.3) is 5.56 Å². The minimum atomic E-state index is -0.102. The highest BCUT2D eigenvalue weighted by Gasteiger charge is 2.42. The molecule has 4 rings (SSSR count). The Kier molecular flexibility index (Phi) is 3.22. The van der Waals surface area contributed by atoms with Crippen LogP contribution in [-0.4, -0.2) is 23.2 Å². The third kappa shape index (κ3) is 2.09. The molecule has 2 aliphatic rings. The Morgan fingerprint density at radius 2 is 1.96 bits per heavy atom. The van der Waals surface area contributed by atoms with Crippen molar-refractivity contribution >= 4 is 30.0 Å². The molecule has 0 saturated heterocycles. The second-order valence-electron chi connectivity index (χ2n) is 7.00. The number of hydrogen-bond donors (Lipinski definition) is 0. The molecule has 0 bridgehead atoms. The maximum atomic E-state index is 12.9. The van der Waals surface area contributed by atoms with Crippen molar-refractivity contribution in [1.29, 1.82) is 0 Å². The fourth-order valence-electron chi connectivity index (χ4n) is 4.37. The largest absolute Gasteiger partial charge is 0.296 e. The summed E-state index contributed by atoms with van der Waals surface area (Å²) in [6.45, 7) is 2.22. The van der Waals surface area contributed by atoms with Crippen molar-refractivity contribution in [3.8, 4) is 0 Å². The third-order valence-electron chi connectivity index (χ3n) is 5.56. The van der Waals surface area contributed by atoms with Gasteiger partial charge >= 0.3 is 0 Å². The Labute approximate surface area is 136 Å². The van der Waals surface area contributed by atoms with Crippen LogP contribution in [0.5, 0.6) is 0 Å². The van der Waals surface area contributed by atoms with E-state index in [0.29, 0.717) is 21.9 Å². The number of Topliss-reactive ketones (excluding diaryl/α,β-unsaturated/α-hetero) is 1. The first-order chi connectivity index (χ1) is 11.0. The van der Waals surface area contributed by atoms with Crippen LogP contribution < -0.4 is 11.0 Å². The maximum Gasteiger partial charge on any atom is 0.261 e. The molecule has 116 valence electrons. The summed E-state index contributed by atoms with van der Waals surface area (Å²) < 4.78 is 1.82. The van der Waals surface area contributed by atoms with E-state index in [1.807, 2.05) is 4.57 Å². The van der Waals surface area contributed by atoms with Gasteiger partial charge in [0.2, 0.25) is 0 Å². The number of rotatable bonds is 1. The number of carbonyl (C=O) groups is 1. The van der Waals surface area contributed by atoms with Crippen LogP contribution in [0.1, 0.15) is 61.6 Å². The number of fused-ring (bicyclic) bond motifs is 3. The van der Waals surface area contributed by atoms with Gasteiger partial charge in [0.1, 0.15) is 13.7 Å². The fraction of sp³-hybridized carbons (Fsp3) is 0.500. The molecule has 1 aliphatic heterocycles. The zero-order valence-electron chi connectivity index (χ0n) is 13.4. The molecule has 2 aromatic rings. The van der Waals surface area contributed by atoms with Gasteiger partial charge in [-0.15, -0.1) is 0 Å². The summed E-state index contributed by atoms with van der Waals surface area (Å²) in [7, 11) is 5.88. The second-order valence-corrected chi connectivity index (χ2v) is 7.00. The molecule has 1 aromatic heterocycles. The number of hydrogen-bond acceptors (Lipinski definition) is 3. The molecular weight excluding hydrogens is 287 g/mol. The molecule has 2 radical (unpaired) electrons. The summed E-state index contributed by atoms with van der Waals surface area (Å²) in [6, 6.07) is 3.28. The van der Waals surface area contributed by atoms with Crippen LogP contribution in [-0.2, 0) is 12.0 Å². The normalized spacial score (nSPS) is 19.2. The minimum Gasteiger partial charge on any atom is -0.296 e. The van der Waals surface area contributed by atoms with Gasteiger partial charge in [-0.25, -0.2) is 4.98 Å². The number of ketones is 1. The summed E-state index contributed by atoms with van der Waals surface area (Å²) in [5, 5.41) is 0.465. The highest BCUT2D eigenvalue weighted by atomic mass is 16.1. The van der Waals surface area contributed by atoms with Gasteiger partial charge in [0.15, 0.2) is 5.78 Å². The minimum absolute atomic E-state index is 0.0288. The van der Waals surface area contributed by atoms with E-state index in [0.717, 1.165) is 31.6 Å². The van der Waals surface area contributed by atoms with Crippen LogP contribution in [0.25, 0.3) is 10.9 Å². The van der Waals surface area contributed by atoms with Gasteiger partial charge in [-0.2, -0.15) is 0 Å². The summed E-state index contributed by atoms with van der Waals surface area (Å²) in [6.07, 6.45) is 6.81. The van der Waals surface area contributed by atoms with Crippen molar-refractivity contribution in [2.45, 2.75) is 57.4 Å². The number of carbonyl (C=O) groups excluding carboxylic acids is 1. The molecule has 1 fully saturated rings. The lowest BCUT2D eigenvalue weighted by Gasteiger charge is -2.32. The van der Waals surface area contributed by atoms with Gasteiger partial charge < -0.3 is 0 Å². The monoisotopic (exact) mass is 306 g/mol. The molecule has 2 heterocycles. The molecule has 1 aliphatic carbocycles. The highest BCUT2D eigenvalue weighted by molar-refractivity contribution is 6.34. The molecule has 1 saturated carbocycles. The quantitative estimate of drug-likeness (QED) is 0.598. The van der Waals surface area contributed by atoms with E-state index in [4.69, 9.17) is 12.8 Å². The van der Waals surface area contributed by atoms with Crippen LogP contribution >= 0.6 is 0 Å². The average Bonchev–Trinajstić information content (AvgIpc) is 2.87. The van der Waals surface area contributed by atoms with Gasteiger partial charge in [-0.1, -0.05) is 36.9 Å². The molecule has 5 heteroatoms. The molecule has 0 atom stereocenters. The van der Waals surface area contributed by atoms with E-state index < -0.39 is 0 Å². The lowest BCUT2D eigenvalue weighted by Crippen LogP contribution is -2.31. The lowest BCUT2D eigenvalue weighted by atomic mass is 9.72. The topological polar surface area (TPSA) is 52.0 Å². The Morgan fingerprint density at radius 1 is 1.22 bits per heavy atom. The molecule has 1 aromatic carbocycles. The summed E-state index contributed by atoms with van der Waals surface area (Å²) >= 11 is 0. The van der Waals surface area contributed by atoms with Crippen LogP contribution in [0.4, 0.5) is 0 Å². The predicted molar refractivity (Wildman–Crippen MR) is 90.8 cm³/mol. The van der Waals surface area contributed by atoms with E-state index in [2.05, 4.69) is 0 Å². The SMILES string of the molecule is [B]c1cc(C(C)=O)c2nc3n(c(=O)c2c1)CCC31CCCCC1. The smallest absolute Gasteiger partial charge is 0.261 e. The van der Waals surface area contributed by atoms with Crippen molar-refractivity contribution in [3.63, 3.8) is 0 Å². The predicted octanol–water partition coefficient (Wildman–Crippen LogP) is 2.00. The molecule has 4 nitrogen and oxygen atoms in total. The number of nitrogens with zero attached hydrogens (tertiary/aromatic N) is 2.